The van der Waals surface area contributed by atoms with Gasteiger partial charge < -0.3 is 9.47 Å². The SMILES string of the molecule is COC1(c2cc(F)cc(Sc3ccc(C(C)Cl)cc3)c2)CCOCC1. The summed E-state index contributed by atoms with van der Waals surface area (Å²) in [6.07, 6.45) is 1.47. The molecule has 0 aliphatic carbocycles. The fraction of sp³-hybridized carbons (Fsp3) is 0.400. The smallest absolute Gasteiger partial charge is 0.124 e. The maximum atomic E-state index is 14.2. The van der Waals surface area contributed by atoms with Gasteiger partial charge in [0.2, 0.25) is 0 Å². The Morgan fingerprint density at radius 1 is 1.12 bits per heavy atom. The highest BCUT2D eigenvalue weighted by Crippen LogP contribution is 2.39. The van der Waals surface area contributed by atoms with Gasteiger partial charge in [0.15, 0.2) is 0 Å². The monoisotopic (exact) mass is 380 g/mol. The van der Waals surface area contributed by atoms with E-state index in [1.54, 1.807) is 19.2 Å². The molecule has 0 spiro atoms. The number of rotatable bonds is 5. The molecule has 0 amide bonds. The Morgan fingerprint density at radius 3 is 2.40 bits per heavy atom. The number of benzene rings is 2. The van der Waals surface area contributed by atoms with Crippen LogP contribution in [0.2, 0.25) is 0 Å². The van der Waals surface area contributed by atoms with Crippen LogP contribution in [-0.4, -0.2) is 20.3 Å². The summed E-state index contributed by atoms with van der Waals surface area (Å²) in [5.74, 6) is -0.242. The van der Waals surface area contributed by atoms with Crippen LogP contribution in [0.5, 0.6) is 0 Å². The summed E-state index contributed by atoms with van der Waals surface area (Å²) in [4.78, 5) is 1.92. The van der Waals surface area contributed by atoms with E-state index in [4.69, 9.17) is 21.1 Å². The van der Waals surface area contributed by atoms with Gasteiger partial charge in [-0.2, -0.15) is 0 Å². The van der Waals surface area contributed by atoms with E-state index >= 15 is 0 Å². The van der Waals surface area contributed by atoms with E-state index in [0.29, 0.717) is 13.2 Å². The molecule has 1 heterocycles. The molecule has 25 heavy (non-hydrogen) atoms. The summed E-state index contributed by atoms with van der Waals surface area (Å²) < 4.78 is 25.5. The van der Waals surface area contributed by atoms with Gasteiger partial charge in [0.1, 0.15) is 5.82 Å². The van der Waals surface area contributed by atoms with Crippen LogP contribution < -0.4 is 0 Å². The van der Waals surface area contributed by atoms with Crippen LogP contribution in [0, 0.1) is 5.82 Å². The van der Waals surface area contributed by atoms with E-state index in [1.807, 2.05) is 37.3 Å². The quantitative estimate of drug-likeness (QED) is 0.599. The first kappa shape index (κ1) is 18.7. The van der Waals surface area contributed by atoms with Crippen LogP contribution in [-0.2, 0) is 15.1 Å². The minimum atomic E-state index is -0.465. The minimum Gasteiger partial charge on any atom is -0.381 e. The van der Waals surface area contributed by atoms with E-state index in [2.05, 4.69) is 0 Å². The van der Waals surface area contributed by atoms with E-state index < -0.39 is 5.60 Å². The van der Waals surface area contributed by atoms with Gasteiger partial charge in [-0.1, -0.05) is 23.9 Å². The molecule has 1 unspecified atom stereocenters. The summed E-state index contributed by atoms with van der Waals surface area (Å²) in [6.45, 7) is 3.20. The molecule has 0 bridgehead atoms. The molecule has 1 aliphatic heterocycles. The summed E-state index contributed by atoms with van der Waals surface area (Å²) in [6, 6.07) is 13.2. The van der Waals surface area contributed by atoms with Crippen molar-refractivity contribution in [3.05, 3.63) is 59.4 Å². The number of hydrogen-bond donors (Lipinski definition) is 0. The average molecular weight is 381 g/mol. The molecular weight excluding hydrogens is 359 g/mol. The third kappa shape index (κ3) is 4.37. The molecule has 1 saturated heterocycles. The molecule has 1 atom stereocenters. The van der Waals surface area contributed by atoms with Gasteiger partial charge in [-0.15, -0.1) is 11.6 Å². The first-order chi connectivity index (χ1) is 12.0. The Bertz CT molecular complexity index is 712. The van der Waals surface area contributed by atoms with Gasteiger partial charge in [0.25, 0.3) is 0 Å². The average Bonchev–Trinajstić information content (AvgIpc) is 2.62. The second-order valence-corrected chi connectivity index (χ2v) is 8.08. The van der Waals surface area contributed by atoms with Crippen molar-refractivity contribution in [1.82, 2.24) is 0 Å². The highest BCUT2D eigenvalue weighted by Gasteiger charge is 2.35. The molecule has 3 rings (SSSR count). The van der Waals surface area contributed by atoms with Crippen molar-refractivity contribution < 1.29 is 13.9 Å². The number of halogens is 2. The zero-order valence-electron chi connectivity index (χ0n) is 14.4. The molecule has 2 aromatic rings. The lowest BCUT2D eigenvalue weighted by Gasteiger charge is -2.36. The fourth-order valence-corrected chi connectivity index (χ4v) is 4.18. The predicted molar refractivity (Wildman–Crippen MR) is 100.0 cm³/mol. The molecule has 0 N–H and O–H groups in total. The van der Waals surface area contributed by atoms with Crippen molar-refractivity contribution in [3.8, 4) is 0 Å². The second kappa shape index (κ2) is 8.09. The zero-order chi connectivity index (χ0) is 17.9. The third-order valence-electron chi connectivity index (χ3n) is 4.66. The van der Waals surface area contributed by atoms with E-state index in [0.717, 1.165) is 33.8 Å². The lowest BCUT2D eigenvalue weighted by atomic mass is 9.86. The molecule has 0 aromatic heterocycles. The zero-order valence-corrected chi connectivity index (χ0v) is 16.0. The first-order valence-electron chi connectivity index (χ1n) is 8.38. The largest absolute Gasteiger partial charge is 0.381 e. The van der Waals surface area contributed by atoms with Gasteiger partial charge >= 0.3 is 0 Å². The van der Waals surface area contributed by atoms with Crippen LogP contribution in [0.1, 0.15) is 36.3 Å². The molecule has 134 valence electrons. The maximum absolute atomic E-state index is 14.2. The fourth-order valence-electron chi connectivity index (χ4n) is 3.13. The third-order valence-corrected chi connectivity index (χ3v) is 5.89. The van der Waals surface area contributed by atoms with Crippen LogP contribution >= 0.6 is 23.4 Å². The van der Waals surface area contributed by atoms with Gasteiger partial charge in [0.05, 0.1) is 11.0 Å². The lowest BCUT2D eigenvalue weighted by Crippen LogP contribution is -2.35. The summed E-state index contributed by atoms with van der Waals surface area (Å²) >= 11 is 7.63. The standard InChI is InChI=1S/C20H22ClFO2S/c1-14(21)15-3-5-18(6-4-15)25-19-12-16(11-17(22)13-19)20(23-2)7-9-24-10-8-20/h3-6,11-14H,7-10H2,1-2H3. The molecule has 2 nitrogen and oxygen atoms in total. The number of methoxy groups -OCH3 is 1. The van der Waals surface area contributed by atoms with Crippen molar-refractivity contribution in [2.45, 2.75) is 40.5 Å². The van der Waals surface area contributed by atoms with Crippen LogP contribution in [0.25, 0.3) is 0 Å². The normalized spacial score (nSPS) is 18.1. The van der Waals surface area contributed by atoms with Crippen LogP contribution in [0.4, 0.5) is 4.39 Å². The highest BCUT2D eigenvalue weighted by atomic mass is 35.5. The number of ether oxygens (including phenoxy) is 2. The van der Waals surface area contributed by atoms with Gasteiger partial charge in [-0.3, -0.25) is 0 Å². The molecule has 1 aliphatic rings. The Morgan fingerprint density at radius 2 is 1.80 bits per heavy atom. The van der Waals surface area contributed by atoms with Gasteiger partial charge in [-0.05, 0) is 48.4 Å². The minimum absolute atomic E-state index is 0.0186. The maximum Gasteiger partial charge on any atom is 0.124 e. The van der Waals surface area contributed by atoms with Crippen LogP contribution in [0.3, 0.4) is 0 Å². The Labute approximate surface area is 157 Å². The summed E-state index contributed by atoms with van der Waals surface area (Å²) in [5.41, 5.74) is 1.49. The van der Waals surface area contributed by atoms with Crippen molar-refractivity contribution in [3.63, 3.8) is 0 Å². The van der Waals surface area contributed by atoms with E-state index in [-0.39, 0.29) is 11.2 Å². The highest BCUT2D eigenvalue weighted by molar-refractivity contribution is 7.99. The topological polar surface area (TPSA) is 18.5 Å². The van der Waals surface area contributed by atoms with E-state index in [9.17, 15) is 4.39 Å². The molecule has 0 radical (unpaired) electrons. The van der Waals surface area contributed by atoms with Gasteiger partial charge in [0, 0.05) is 43.0 Å². The van der Waals surface area contributed by atoms with Crippen molar-refractivity contribution in [2.24, 2.45) is 0 Å². The van der Waals surface area contributed by atoms with Crippen molar-refractivity contribution in [1.29, 1.82) is 0 Å². The molecular formula is C20H22ClFO2S. The van der Waals surface area contributed by atoms with Crippen LogP contribution in [0.15, 0.2) is 52.3 Å². The lowest BCUT2D eigenvalue weighted by molar-refractivity contribution is -0.0950. The van der Waals surface area contributed by atoms with Crippen molar-refractivity contribution >= 4 is 23.4 Å². The van der Waals surface area contributed by atoms with E-state index in [1.165, 1.54) is 11.8 Å². The van der Waals surface area contributed by atoms with Crippen molar-refractivity contribution in [2.75, 3.05) is 20.3 Å². The first-order valence-corrected chi connectivity index (χ1v) is 9.63. The number of alkyl halides is 1. The Hall–Kier alpha value is -1.07. The Kier molecular flexibility index (Phi) is 6.05. The number of hydrogen-bond acceptors (Lipinski definition) is 3. The molecule has 5 heteroatoms. The molecule has 2 aromatic carbocycles. The predicted octanol–water partition coefficient (Wildman–Crippen LogP) is 5.93. The summed E-state index contributed by atoms with van der Waals surface area (Å²) in [5, 5.41) is -0.0186. The van der Waals surface area contributed by atoms with Gasteiger partial charge in [-0.25, -0.2) is 4.39 Å². The molecule has 0 saturated carbocycles. The summed E-state index contributed by atoms with van der Waals surface area (Å²) in [7, 11) is 1.69. The second-order valence-electron chi connectivity index (χ2n) is 6.27. The Balaban J connectivity index is 1.86. The molecule has 1 fully saturated rings.